The Balaban J connectivity index is 1.28. The van der Waals surface area contributed by atoms with E-state index in [1.54, 1.807) is 0 Å². The first-order chi connectivity index (χ1) is 26.1. The van der Waals surface area contributed by atoms with Crippen LogP contribution in [0.5, 0.6) is 0 Å². The first-order valence-corrected chi connectivity index (χ1v) is 18.4. The minimum atomic E-state index is -0.142. The second-order valence-corrected chi connectivity index (χ2v) is 14.9. The molecule has 1 aliphatic rings. The molecule has 11 rings (SSSR count). The van der Waals surface area contributed by atoms with Crippen LogP contribution in [0, 0.1) is 0 Å². The van der Waals surface area contributed by atoms with E-state index < -0.39 is 0 Å². The lowest BCUT2D eigenvalue weighted by atomic mass is 9.79. The van der Waals surface area contributed by atoms with Gasteiger partial charge in [-0.2, -0.15) is 0 Å². The number of pyridine rings is 2. The third-order valence-electron chi connectivity index (χ3n) is 11.7. The van der Waals surface area contributed by atoms with E-state index in [1.807, 2.05) is 12.3 Å². The van der Waals surface area contributed by atoms with Crippen molar-refractivity contribution < 1.29 is 0 Å². The van der Waals surface area contributed by atoms with Crippen molar-refractivity contribution in [2.45, 2.75) is 19.3 Å². The molecule has 1 aliphatic carbocycles. The summed E-state index contributed by atoms with van der Waals surface area (Å²) in [6.45, 7) is 4.76. The van der Waals surface area contributed by atoms with Gasteiger partial charge in [-0.3, -0.25) is 4.98 Å². The fourth-order valence-corrected chi connectivity index (χ4v) is 9.18. The number of hydrogen-bond acceptors (Lipinski definition) is 2. The van der Waals surface area contributed by atoms with E-state index in [-0.39, 0.29) is 5.41 Å². The predicted molar refractivity (Wildman–Crippen MR) is 223 cm³/mol. The first-order valence-electron chi connectivity index (χ1n) is 18.4. The molecule has 0 bridgehead atoms. The van der Waals surface area contributed by atoms with Gasteiger partial charge in [0, 0.05) is 27.9 Å². The molecule has 0 atom stereocenters. The Morgan fingerprint density at radius 3 is 1.85 bits per heavy atom. The van der Waals surface area contributed by atoms with Gasteiger partial charge in [0.05, 0.1) is 16.7 Å². The Hall–Kier alpha value is -6.64. The molecular weight excluding hydrogens is 641 g/mol. The lowest BCUT2D eigenvalue weighted by Crippen LogP contribution is -2.15. The van der Waals surface area contributed by atoms with Crippen LogP contribution in [0.4, 0.5) is 0 Å². The lowest BCUT2D eigenvalue weighted by Gasteiger charge is -2.24. The highest BCUT2D eigenvalue weighted by atomic mass is 14.7. The molecule has 2 heteroatoms. The maximum atomic E-state index is 5.30. The predicted octanol–water partition coefficient (Wildman–Crippen LogP) is 13.5. The topological polar surface area (TPSA) is 25.8 Å². The Labute approximate surface area is 308 Å². The fraction of sp³-hybridized carbons (Fsp3) is 0.0588. The first kappa shape index (κ1) is 30.0. The molecule has 248 valence electrons. The molecule has 0 saturated carbocycles. The Morgan fingerprint density at radius 1 is 0.396 bits per heavy atom. The summed E-state index contributed by atoms with van der Waals surface area (Å²) in [5.74, 6) is 0. The van der Waals surface area contributed by atoms with E-state index in [2.05, 4.69) is 172 Å². The zero-order chi connectivity index (χ0) is 35.3. The van der Waals surface area contributed by atoms with Crippen molar-refractivity contribution in [3.05, 3.63) is 181 Å². The van der Waals surface area contributed by atoms with Gasteiger partial charge in [-0.25, -0.2) is 4.98 Å². The van der Waals surface area contributed by atoms with Gasteiger partial charge in [-0.1, -0.05) is 153 Å². The highest BCUT2D eigenvalue weighted by Gasteiger charge is 2.37. The van der Waals surface area contributed by atoms with Crippen molar-refractivity contribution >= 4 is 54.1 Å². The quantitative estimate of drug-likeness (QED) is 0.138. The van der Waals surface area contributed by atoms with Gasteiger partial charge in [-0.05, 0) is 101 Å². The molecule has 2 nitrogen and oxygen atoms in total. The second-order valence-electron chi connectivity index (χ2n) is 14.9. The normalized spacial score (nSPS) is 13.2. The molecule has 0 amide bonds. The number of rotatable bonds is 3. The summed E-state index contributed by atoms with van der Waals surface area (Å²) in [6, 6.07) is 60.0. The van der Waals surface area contributed by atoms with Crippen LogP contribution in [-0.2, 0) is 5.41 Å². The maximum absolute atomic E-state index is 5.30. The van der Waals surface area contributed by atoms with Crippen LogP contribution in [0.3, 0.4) is 0 Å². The van der Waals surface area contributed by atoms with Gasteiger partial charge in [0.1, 0.15) is 0 Å². The van der Waals surface area contributed by atoms with E-state index in [9.17, 15) is 0 Å². The van der Waals surface area contributed by atoms with Crippen LogP contribution in [0.1, 0.15) is 25.0 Å². The molecule has 0 radical (unpaired) electrons. The van der Waals surface area contributed by atoms with E-state index in [4.69, 9.17) is 9.97 Å². The van der Waals surface area contributed by atoms with Crippen LogP contribution in [0.15, 0.2) is 170 Å². The molecule has 0 saturated heterocycles. The Bertz CT molecular complexity index is 3140. The molecule has 8 aromatic carbocycles. The zero-order valence-electron chi connectivity index (χ0n) is 29.6. The van der Waals surface area contributed by atoms with Crippen molar-refractivity contribution in [2.24, 2.45) is 0 Å². The average molecular weight is 675 g/mol. The third kappa shape index (κ3) is 4.33. The largest absolute Gasteiger partial charge is 0.254 e. The SMILES string of the molecule is CC1(C)c2ccccc2-c2c1cc(-c1c3ccccc3c(-c3ccccc3)c3ccc(-c4ccc5ccc6cccnc6c5n4)cc13)c1ccccc21. The van der Waals surface area contributed by atoms with E-state index in [0.717, 1.165) is 33.1 Å². The molecule has 0 spiro atoms. The van der Waals surface area contributed by atoms with E-state index >= 15 is 0 Å². The zero-order valence-corrected chi connectivity index (χ0v) is 29.6. The molecule has 0 unspecified atom stereocenters. The van der Waals surface area contributed by atoms with E-state index in [0.29, 0.717) is 0 Å². The molecular formula is C51H34N2. The molecule has 2 heterocycles. The fourth-order valence-electron chi connectivity index (χ4n) is 9.18. The van der Waals surface area contributed by atoms with Gasteiger partial charge >= 0.3 is 0 Å². The summed E-state index contributed by atoms with van der Waals surface area (Å²) in [5, 5.41) is 9.70. The monoisotopic (exact) mass is 674 g/mol. The number of fused-ring (bicyclic) bond motifs is 10. The van der Waals surface area contributed by atoms with Crippen molar-refractivity contribution in [3.63, 3.8) is 0 Å². The standard InChI is InChI=1S/C51H34N2/c1-51(2)43-21-11-10-20-40(43)48-36-17-7-6-16-35(36)42(30-44(48)51)47-38-19-9-8-18-37(38)46(31-13-4-3-5-14-31)39-26-24-34(29-41(39)47)45-27-25-33-23-22-32-15-12-28-52-49(32)50(33)53-45/h3-30H,1-2H3. The Morgan fingerprint density at radius 2 is 1.04 bits per heavy atom. The van der Waals surface area contributed by atoms with E-state index in [1.165, 1.54) is 76.8 Å². The average Bonchev–Trinajstić information content (AvgIpc) is 3.45. The molecule has 0 N–H and O–H groups in total. The smallest absolute Gasteiger partial charge is 0.0972 e. The summed E-state index contributed by atoms with van der Waals surface area (Å²) in [5.41, 5.74) is 14.2. The van der Waals surface area contributed by atoms with Crippen molar-refractivity contribution in [1.29, 1.82) is 0 Å². The molecule has 0 aliphatic heterocycles. The van der Waals surface area contributed by atoms with Crippen LogP contribution in [0.2, 0.25) is 0 Å². The van der Waals surface area contributed by atoms with Crippen molar-refractivity contribution in [2.75, 3.05) is 0 Å². The number of nitrogens with zero attached hydrogens (tertiary/aromatic N) is 2. The lowest BCUT2D eigenvalue weighted by molar-refractivity contribution is 0.661. The van der Waals surface area contributed by atoms with Gasteiger partial charge in [0.2, 0.25) is 0 Å². The summed E-state index contributed by atoms with van der Waals surface area (Å²) in [4.78, 5) is 10.1. The summed E-state index contributed by atoms with van der Waals surface area (Å²) in [7, 11) is 0. The van der Waals surface area contributed by atoms with Gasteiger partial charge in [0.25, 0.3) is 0 Å². The minimum Gasteiger partial charge on any atom is -0.254 e. The Kier molecular flexibility index (Phi) is 6.33. The maximum Gasteiger partial charge on any atom is 0.0972 e. The van der Waals surface area contributed by atoms with Crippen LogP contribution < -0.4 is 0 Å². The van der Waals surface area contributed by atoms with Gasteiger partial charge in [0.15, 0.2) is 0 Å². The molecule has 2 aromatic heterocycles. The molecule has 0 fully saturated rings. The summed E-state index contributed by atoms with van der Waals surface area (Å²) < 4.78 is 0. The van der Waals surface area contributed by atoms with Crippen molar-refractivity contribution in [3.8, 4) is 44.6 Å². The second kappa shape index (κ2) is 11.2. The van der Waals surface area contributed by atoms with Crippen LogP contribution in [-0.4, -0.2) is 9.97 Å². The van der Waals surface area contributed by atoms with Gasteiger partial charge < -0.3 is 0 Å². The number of benzene rings is 8. The summed E-state index contributed by atoms with van der Waals surface area (Å²) in [6.07, 6.45) is 1.86. The number of hydrogen-bond donors (Lipinski definition) is 0. The number of aromatic nitrogens is 2. The highest BCUT2D eigenvalue weighted by molar-refractivity contribution is 6.25. The van der Waals surface area contributed by atoms with Crippen LogP contribution >= 0.6 is 0 Å². The minimum absolute atomic E-state index is 0.142. The molecule has 10 aromatic rings. The third-order valence-corrected chi connectivity index (χ3v) is 11.7. The van der Waals surface area contributed by atoms with Crippen LogP contribution in [0.25, 0.3) is 98.8 Å². The highest BCUT2D eigenvalue weighted by Crippen LogP contribution is 2.55. The molecule has 53 heavy (non-hydrogen) atoms. The summed E-state index contributed by atoms with van der Waals surface area (Å²) >= 11 is 0. The van der Waals surface area contributed by atoms with Crippen molar-refractivity contribution in [1.82, 2.24) is 9.97 Å². The van der Waals surface area contributed by atoms with Gasteiger partial charge in [-0.15, -0.1) is 0 Å².